The Balaban J connectivity index is 1.88. The highest BCUT2D eigenvalue weighted by molar-refractivity contribution is 5.93. The summed E-state index contributed by atoms with van der Waals surface area (Å²) in [5, 5.41) is 13.0. The van der Waals surface area contributed by atoms with Gasteiger partial charge in [0, 0.05) is 24.2 Å². The zero-order chi connectivity index (χ0) is 22.8. The Morgan fingerprint density at radius 2 is 1.94 bits per heavy atom. The summed E-state index contributed by atoms with van der Waals surface area (Å²) in [6.45, 7) is 1.23. The number of nitrogens with two attached hydrogens (primary N) is 1. The molecule has 0 saturated heterocycles. The van der Waals surface area contributed by atoms with Crippen LogP contribution >= 0.6 is 0 Å². The highest BCUT2D eigenvalue weighted by Crippen LogP contribution is 2.36. The maximum atomic E-state index is 13.6. The van der Waals surface area contributed by atoms with Gasteiger partial charge in [0.2, 0.25) is 5.60 Å². The van der Waals surface area contributed by atoms with Crippen molar-refractivity contribution >= 4 is 11.0 Å². The third kappa shape index (κ3) is 4.56. The molecule has 0 fully saturated rings. The lowest BCUT2D eigenvalue weighted by molar-refractivity contribution is -0.245. The van der Waals surface area contributed by atoms with Crippen molar-refractivity contribution in [3.63, 3.8) is 0 Å². The number of hydrogen-bond donors (Lipinski definition) is 3. The van der Waals surface area contributed by atoms with Crippen LogP contribution in [0, 0.1) is 5.82 Å². The van der Waals surface area contributed by atoms with Crippen LogP contribution in [0.1, 0.15) is 18.9 Å². The van der Waals surface area contributed by atoms with E-state index in [1.807, 2.05) is 0 Å². The molecule has 1 heterocycles. The van der Waals surface area contributed by atoms with Crippen LogP contribution in [-0.4, -0.2) is 16.9 Å². The van der Waals surface area contributed by atoms with Crippen molar-refractivity contribution < 1.29 is 27.1 Å². The number of alkyl halides is 3. The maximum Gasteiger partial charge on any atom is 0.422 e. The second-order valence-electron chi connectivity index (χ2n) is 7.01. The van der Waals surface area contributed by atoms with Crippen molar-refractivity contribution in [3.8, 4) is 11.1 Å². The fourth-order valence-corrected chi connectivity index (χ4v) is 3.18. The van der Waals surface area contributed by atoms with Crippen LogP contribution in [0.3, 0.4) is 0 Å². The van der Waals surface area contributed by atoms with Gasteiger partial charge >= 0.3 is 11.8 Å². The molecule has 0 spiro atoms. The molecule has 1 atom stereocenters. The van der Waals surface area contributed by atoms with E-state index in [1.54, 1.807) is 24.3 Å². The standard InChI is InChI=1S/C22H20F4N2O3/c1-2-21(30,22(24,25)26)19(27)12-28-11-13-6-7-16-17(10-20(29)31-18(16)8-13)14-4-3-5-15(23)9-14/h3-10,12,28,30H,2,11,27H2,1H3/b19-12-/t21-/m0/s1. The minimum Gasteiger partial charge on any atom is -0.423 e. The number of aliphatic hydroxyl groups is 1. The van der Waals surface area contributed by atoms with Gasteiger partial charge in [-0.2, -0.15) is 13.2 Å². The maximum absolute atomic E-state index is 13.6. The quantitative estimate of drug-likeness (QED) is 0.398. The smallest absolute Gasteiger partial charge is 0.422 e. The molecular formula is C22H20F4N2O3. The Bertz CT molecular complexity index is 1190. The van der Waals surface area contributed by atoms with Gasteiger partial charge in [-0.25, -0.2) is 9.18 Å². The van der Waals surface area contributed by atoms with E-state index < -0.39 is 35.3 Å². The summed E-state index contributed by atoms with van der Waals surface area (Å²) in [4.78, 5) is 12.0. The summed E-state index contributed by atoms with van der Waals surface area (Å²) >= 11 is 0. The lowest BCUT2D eigenvalue weighted by Crippen LogP contribution is -2.49. The molecule has 3 aromatic rings. The Hall–Kier alpha value is -3.33. The van der Waals surface area contributed by atoms with Crippen LogP contribution in [0.4, 0.5) is 17.6 Å². The zero-order valence-corrected chi connectivity index (χ0v) is 16.5. The fourth-order valence-electron chi connectivity index (χ4n) is 3.18. The van der Waals surface area contributed by atoms with Crippen molar-refractivity contribution in [2.24, 2.45) is 5.73 Å². The molecule has 31 heavy (non-hydrogen) atoms. The number of fused-ring (bicyclic) bond motifs is 1. The number of benzene rings is 2. The summed E-state index contributed by atoms with van der Waals surface area (Å²) in [6.07, 6.45) is -4.64. The van der Waals surface area contributed by atoms with Crippen LogP contribution < -0.4 is 16.7 Å². The lowest BCUT2D eigenvalue weighted by atomic mass is 9.96. The minimum absolute atomic E-state index is 0.0577. The molecule has 164 valence electrons. The second kappa shape index (κ2) is 8.43. The number of halogens is 4. The van der Waals surface area contributed by atoms with Gasteiger partial charge in [-0.05, 0) is 41.3 Å². The first-order valence-corrected chi connectivity index (χ1v) is 9.36. The average Bonchev–Trinajstić information content (AvgIpc) is 2.71. The van der Waals surface area contributed by atoms with Crippen LogP contribution in [0.5, 0.6) is 0 Å². The second-order valence-corrected chi connectivity index (χ2v) is 7.01. The van der Waals surface area contributed by atoms with Gasteiger partial charge in [0.15, 0.2) is 0 Å². The first kappa shape index (κ1) is 22.4. The Morgan fingerprint density at radius 1 is 1.19 bits per heavy atom. The summed E-state index contributed by atoms with van der Waals surface area (Å²) in [5.74, 6) is -0.449. The number of hydrogen-bond acceptors (Lipinski definition) is 5. The Morgan fingerprint density at radius 3 is 2.58 bits per heavy atom. The van der Waals surface area contributed by atoms with Gasteiger partial charge in [-0.3, -0.25) is 0 Å². The molecule has 0 saturated carbocycles. The molecule has 0 amide bonds. The highest BCUT2D eigenvalue weighted by Gasteiger charge is 2.54. The lowest BCUT2D eigenvalue weighted by Gasteiger charge is -2.29. The largest absolute Gasteiger partial charge is 0.423 e. The van der Waals surface area contributed by atoms with Gasteiger partial charge in [-0.1, -0.05) is 31.2 Å². The highest BCUT2D eigenvalue weighted by atomic mass is 19.4. The molecule has 2 aromatic carbocycles. The van der Waals surface area contributed by atoms with Crippen molar-refractivity contribution in [2.75, 3.05) is 0 Å². The van der Waals surface area contributed by atoms with Gasteiger partial charge in [-0.15, -0.1) is 0 Å². The van der Waals surface area contributed by atoms with Crippen molar-refractivity contribution in [1.82, 2.24) is 5.32 Å². The first-order valence-electron chi connectivity index (χ1n) is 9.36. The summed E-state index contributed by atoms with van der Waals surface area (Å²) in [5.41, 5.74) is 2.77. The van der Waals surface area contributed by atoms with Crippen molar-refractivity contribution in [1.29, 1.82) is 0 Å². The predicted octanol–water partition coefficient (Wildman–Crippen LogP) is 4.19. The molecule has 0 radical (unpaired) electrons. The third-order valence-corrected chi connectivity index (χ3v) is 4.97. The number of rotatable bonds is 6. The van der Waals surface area contributed by atoms with E-state index in [9.17, 15) is 27.5 Å². The Kier molecular flexibility index (Phi) is 6.08. The van der Waals surface area contributed by atoms with Crippen molar-refractivity contribution in [3.05, 3.63) is 82.2 Å². The summed E-state index contributed by atoms with van der Waals surface area (Å²) < 4.78 is 58.0. The normalized spacial score (nSPS) is 14.5. The monoisotopic (exact) mass is 436 g/mol. The molecule has 9 heteroatoms. The fraction of sp³-hybridized carbons (Fsp3) is 0.227. The molecule has 4 N–H and O–H groups in total. The molecule has 0 aliphatic heterocycles. The van der Waals surface area contributed by atoms with E-state index in [1.165, 1.54) is 31.2 Å². The predicted molar refractivity (Wildman–Crippen MR) is 108 cm³/mol. The van der Waals surface area contributed by atoms with E-state index >= 15 is 0 Å². The summed E-state index contributed by atoms with van der Waals surface area (Å²) in [7, 11) is 0. The van der Waals surface area contributed by atoms with Crippen LogP contribution in [-0.2, 0) is 6.54 Å². The van der Waals surface area contributed by atoms with Gasteiger partial charge in [0.1, 0.15) is 11.4 Å². The van der Waals surface area contributed by atoms with Crippen LogP contribution in [0.2, 0.25) is 0 Å². The van der Waals surface area contributed by atoms with E-state index in [0.29, 0.717) is 22.1 Å². The third-order valence-electron chi connectivity index (χ3n) is 4.97. The SMILES string of the molecule is CC[C@](O)(/C(N)=C/NCc1ccc2c(-c3cccc(F)c3)cc(=O)oc2c1)C(F)(F)F. The molecule has 1 aromatic heterocycles. The van der Waals surface area contributed by atoms with Crippen LogP contribution in [0.25, 0.3) is 22.1 Å². The zero-order valence-electron chi connectivity index (χ0n) is 16.5. The topological polar surface area (TPSA) is 88.5 Å². The molecule has 0 aliphatic carbocycles. The van der Waals surface area contributed by atoms with Gasteiger partial charge in [0.05, 0.1) is 5.70 Å². The van der Waals surface area contributed by atoms with Crippen LogP contribution in [0.15, 0.2) is 69.6 Å². The minimum atomic E-state index is -4.91. The molecule has 0 unspecified atom stereocenters. The van der Waals surface area contributed by atoms with Gasteiger partial charge in [0.25, 0.3) is 0 Å². The summed E-state index contributed by atoms with van der Waals surface area (Å²) in [6, 6.07) is 11.9. The van der Waals surface area contributed by atoms with E-state index in [2.05, 4.69) is 5.32 Å². The number of nitrogens with one attached hydrogen (secondary N) is 1. The molecule has 0 bridgehead atoms. The average molecular weight is 436 g/mol. The van der Waals surface area contributed by atoms with E-state index in [-0.39, 0.29) is 12.1 Å². The first-order chi connectivity index (χ1) is 14.5. The Labute approximate surface area is 174 Å². The molecule has 3 rings (SSSR count). The van der Waals surface area contributed by atoms with Crippen molar-refractivity contribution in [2.45, 2.75) is 31.7 Å². The molecule has 0 aliphatic rings. The molecule has 5 nitrogen and oxygen atoms in total. The van der Waals surface area contributed by atoms with E-state index in [4.69, 9.17) is 10.2 Å². The van der Waals surface area contributed by atoms with Gasteiger partial charge < -0.3 is 20.6 Å². The molecular weight excluding hydrogens is 416 g/mol. The van der Waals surface area contributed by atoms with E-state index in [0.717, 1.165) is 6.20 Å².